The number of hydrogen-bond donors (Lipinski definition) is 1. The molecule has 0 radical (unpaired) electrons. The predicted molar refractivity (Wildman–Crippen MR) is 78.5 cm³/mol. The van der Waals surface area contributed by atoms with Gasteiger partial charge in [-0.15, -0.1) is 0 Å². The van der Waals surface area contributed by atoms with Crippen LogP contribution in [-0.4, -0.2) is 14.4 Å². The van der Waals surface area contributed by atoms with Crippen LogP contribution in [0.1, 0.15) is 0 Å². The maximum atomic E-state index is 12.2. The molecule has 2 heterocycles. The smallest absolute Gasteiger partial charge is 0.306 e. The summed E-state index contributed by atoms with van der Waals surface area (Å²) in [5.41, 5.74) is 2.94. The van der Waals surface area contributed by atoms with Gasteiger partial charge in [0, 0.05) is 9.86 Å². The molecule has 0 aliphatic rings. The largest absolute Gasteiger partial charge is 0.332 e. The summed E-state index contributed by atoms with van der Waals surface area (Å²) in [5.74, 6) is 0. The molecule has 0 aliphatic carbocycles. The highest BCUT2D eigenvalue weighted by Crippen LogP contribution is 2.23. The second-order valence-electron chi connectivity index (χ2n) is 4.38. The summed E-state index contributed by atoms with van der Waals surface area (Å²) in [4.78, 5) is 19.7. The highest BCUT2D eigenvalue weighted by Gasteiger charge is 2.10. The molecule has 1 N–H and O–H groups in total. The molecule has 0 fully saturated rings. The summed E-state index contributed by atoms with van der Waals surface area (Å²) in [6.07, 6.45) is 0. The Morgan fingerprint density at radius 1 is 1.16 bits per heavy atom. The highest BCUT2D eigenvalue weighted by atomic mass is 79.9. The number of nitrogens with one attached hydrogen (secondary N) is 1. The minimum absolute atomic E-state index is 0.172. The van der Waals surface area contributed by atoms with Gasteiger partial charge in [0.05, 0.1) is 16.6 Å². The van der Waals surface area contributed by atoms with E-state index in [1.807, 2.05) is 42.5 Å². The van der Waals surface area contributed by atoms with Crippen LogP contribution in [0.15, 0.2) is 51.7 Å². The zero-order valence-corrected chi connectivity index (χ0v) is 11.3. The van der Waals surface area contributed by atoms with Crippen LogP contribution in [0.25, 0.3) is 27.6 Å². The van der Waals surface area contributed by atoms with Gasteiger partial charge in [-0.2, -0.15) is 0 Å². The third-order valence-corrected chi connectivity index (χ3v) is 3.72. The molecule has 0 amide bonds. The fourth-order valence-electron chi connectivity index (χ4n) is 2.40. The molecule has 0 unspecified atom stereocenters. The van der Waals surface area contributed by atoms with Gasteiger partial charge >= 0.3 is 5.69 Å². The molecule has 0 saturated carbocycles. The number of fused-ring (bicyclic) bond motifs is 5. The molecule has 4 rings (SSSR count). The first-order valence-corrected chi connectivity index (χ1v) is 6.62. The normalized spacial score (nSPS) is 11.6. The number of rotatable bonds is 0. The summed E-state index contributed by atoms with van der Waals surface area (Å²) in [6, 6.07) is 13.4. The van der Waals surface area contributed by atoms with Crippen molar-refractivity contribution in [1.29, 1.82) is 0 Å². The summed E-state index contributed by atoms with van der Waals surface area (Å²) in [6.45, 7) is 0. The Morgan fingerprint density at radius 3 is 2.89 bits per heavy atom. The van der Waals surface area contributed by atoms with E-state index < -0.39 is 0 Å². The van der Waals surface area contributed by atoms with Gasteiger partial charge < -0.3 is 4.98 Å². The standard InChI is InChI=1S/C14H8BrN3O/c15-8-5-6-9-11(7-8)17-14(19)18-12-4-2-1-3-10(12)16-13(9)18/h1-7H,(H,17,19). The molecule has 2 aromatic heterocycles. The first kappa shape index (κ1) is 10.8. The monoisotopic (exact) mass is 313 g/mol. The lowest BCUT2D eigenvalue weighted by atomic mass is 10.2. The van der Waals surface area contributed by atoms with Crippen molar-refractivity contribution in [3.05, 3.63) is 57.4 Å². The molecule has 5 heteroatoms. The molecule has 92 valence electrons. The lowest BCUT2D eigenvalue weighted by molar-refractivity contribution is 1.06. The Hall–Kier alpha value is -2.14. The lowest BCUT2D eigenvalue weighted by Crippen LogP contribution is -2.15. The van der Waals surface area contributed by atoms with Crippen molar-refractivity contribution < 1.29 is 0 Å². The van der Waals surface area contributed by atoms with Crippen molar-refractivity contribution in [2.24, 2.45) is 0 Å². The van der Waals surface area contributed by atoms with Gasteiger partial charge in [0.15, 0.2) is 5.65 Å². The van der Waals surface area contributed by atoms with E-state index in [9.17, 15) is 4.79 Å². The average molecular weight is 314 g/mol. The van der Waals surface area contributed by atoms with E-state index in [-0.39, 0.29) is 5.69 Å². The number of nitrogens with zero attached hydrogens (tertiary/aromatic N) is 2. The topological polar surface area (TPSA) is 50.2 Å². The van der Waals surface area contributed by atoms with Crippen LogP contribution in [-0.2, 0) is 0 Å². The first-order chi connectivity index (χ1) is 9.24. The molecule has 0 aliphatic heterocycles. The zero-order valence-electron chi connectivity index (χ0n) is 9.72. The summed E-state index contributed by atoms with van der Waals surface area (Å²) < 4.78 is 2.54. The van der Waals surface area contributed by atoms with Crippen molar-refractivity contribution in [1.82, 2.24) is 14.4 Å². The number of imidazole rings is 1. The van der Waals surface area contributed by atoms with Crippen LogP contribution >= 0.6 is 15.9 Å². The van der Waals surface area contributed by atoms with Gasteiger partial charge in [-0.05, 0) is 30.3 Å². The molecular weight excluding hydrogens is 306 g/mol. The van der Waals surface area contributed by atoms with Gasteiger partial charge in [-0.1, -0.05) is 28.1 Å². The van der Waals surface area contributed by atoms with Gasteiger partial charge in [0.2, 0.25) is 0 Å². The van der Waals surface area contributed by atoms with Gasteiger partial charge in [0.25, 0.3) is 0 Å². The van der Waals surface area contributed by atoms with E-state index in [1.165, 1.54) is 0 Å². The number of benzene rings is 2. The van der Waals surface area contributed by atoms with Crippen LogP contribution < -0.4 is 5.69 Å². The molecule has 19 heavy (non-hydrogen) atoms. The van der Waals surface area contributed by atoms with Crippen LogP contribution in [0.4, 0.5) is 0 Å². The Morgan fingerprint density at radius 2 is 2.00 bits per heavy atom. The van der Waals surface area contributed by atoms with Crippen molar-refractivity contribution >= 4 is 43.5 Å². The highest BCUT2D eigenvalue weighted by molar-refractivity contribution is 9.10. The SMILES string of the molecule is O=c1[nH]c2cc(Br)ccc2c2nc3ccccc3n12. The fourth-order valence-corrected chi connectivity index (χ4v) is 2.76. The van der Waals surface area contributed by atoms with E-state index >= 15 is 0 Å². The van der Waals surface area contributed by atoms with Gasteiger partial charge in [-0.25, -0.2) is 14.2 Å². The predicted octanol–water partition coefficient (Wildman–Crippen LogP) is 3.09. The van der Waals surface area contributed by atoms with Crippen LogP contribution in [0.5, 0.6) is 0 Å². The molecular formula is C14H8BrN3O. The van der Waals surface area contributed by atoms with Gasteiger partial charge in [0.1, 0.15) is 0 Å². The maximum absolute atomic E-state index is 12.2. The number of H-pyrrole nitrogens is 1. The maximum Gasteiger partial charge on any atom is 0.332 e. The Labute approximate surface area is 115 Å². The average Bonchev–Trinajstić information content (AvgIpc) is 2.78. The fraction of sp³-hybridized carbons (Fsp3) is 0. The molecule has 2 aromatic carbocycles. The summed E-state index contributed by atoms with van der Waals surface area (Å²) in [7, 11) is 0. The minimum Gasteiger partial charge on any atom is -0.306 e. The summed E-state index contributed by atoms with van der Waals surface area (Å²) in [5, 5.41) is 0.930. The first-order valence-electron chi connectivity index (χ1n) is 5.83. The number of aromatic amines is 1. The van der Waals surface area contributed by atoms with E-state index in [1.54, 1.807) is 4.40 Å². The zero-order chi connectivity index (χ0) is 13.0. The number of para-hydroxylation sites is 2. The third-order valence-electron chi connectivity index (χ3n) is 3.23. The van der Waals surface area contributed by atoms with E-state index in [0.717, 1.165) is 26.4 Å². The lowest BCUT2D eigenvalue weighted by Gasteiger charge is -2.01. The third kappa shape index (κ3) is 1.45. The van der Waals surface area contributed by atoms with E-state index in [0.29, 0.717) is 5.65 Å². The second kappa shape index (κ2) is 3.68. The molecule has 0 atom stereocenters. The number of halogens is 1. The van der Waals surface area contributed by atoms with Gasteiger partial charge in [-0.3, -0.25) is 0 Å². The molecule has 0 spiro atoms. The molecule has 4 nitrogen and oxygen atoms in total. The quantitative estimate of drug-likeness (QED) is 0.542. The Balaban J connectivity index is 2.36. The number of aromatic nitrogens is 3. The molecule has 0 bridgehead atoms. The minimum atomic E-state index is -0.172. The van der Waals surface area contributed by atoms with Crippen molar-refractivity contribution in [3.8, 4) is 0 Å². The van der Waals surface area contributed by atoms with Crippen molar-refractivity contribution in [3.63, 3.8) is 0 Å². The number of hydrogen-bond acceptors (Lipinski definition) is 2. The van der Waals surface area contributed by atoms with Crippen LogP contribution in [0.3, 0.4) is 0 Å². The van der Waals surface area contributed by atoms with Crippen molar-refractivity contribution in [2.75, 3.05) is 0 Å². The van der Waals surface area contributed by atoms with Crippen LogP contribution in [0.2, 0.25) is 0 Å². The Kier molecular flexibility index (Phi) is 2.08. The summed E-state index contributed by atoms with van der Waals surface area (Å²) >= 11 is 3.41. The molecule has 0 saturated heterocycles. The van der Waals surface area contributed by atoms with Crippen LogP contribution in [0, 0.1) is 0 Å². The second-order valence-corrected chi connectivity index (χ2v) is 5.30. The molecule has 4 aromatic rings. The van der Waals surface area contributed by atoms with E-state index in [2.05, 4.69) is 25.9 Å². The van der Waals surface area contributed by atoms with Crippen molar-refractivity contribution in [2.45, 2.75) is 0 Å². The Bertz CT molecular complexity index is 1000. The van der Waals surface area contributed by atoms with E-state index in [4.69, 9.17) is 0 Å².